The molecule has 21 heavy (non-hydrogen) atoms. The Labute approximate surface area is 123 Å². The first kappa shape index (κ1) is 13.8. The summed E-state index contributed by atoms with van der Waals surface area (Å²) >= 11 is 0. The van der Waals surface area contributed by atoms with E-state index in [1.165, 1.54) is 0 Å². The summed E-state index contributed by atoms with van der Waals surface area (Å²) in [5.41, 5.74) is 2.12. The van der Waals surface area contributed by atoms with Crippen molar-refractivity contribution in [2.24, 2.45) is 5.41 Å². The lowest BCUT2D eigenvalue weighted by molar-refractivity contribution is 0.0934. The highest BCUT2D eigenvalue weighted by atomic mass is 16.3. The van der Waals surface area contributed by atoms with Crippen LogP contribution in [0.2, 0.25) is 0 Å². The van der Waals surface area contributed by atoms with Gasteiger partial charge < -0.3 is 10.4 Å². The Balaban J connectivity index is 1.73. The van der Waals surface area contributed by atoms with Crippen LogP contribution in [-0.4, -0.2) is 33.9 Å². The summed E-state index contributed by atoms with van der Waals surface area (Å²) < 4.78 is 1.71. The smallest absolute Gasteiger partial charge is 0.254 e. The van der Waals surface area contributed by atoms with Gasteiger partial charge in [0, 0.05) is 18.2 Å². The van der Waals surface area contributed by atoms with Gasteiger partial charge in [0.1, 0.15) is 0 Å². The second-order valence-electron chi connectivity index (χ2n) is 5.75. The van der Waals surface area contributed by atoms with E-state index in [9.17, 15) is 9.90 Å². The number of hydrogen-bond acceptors (Lipinski definition) is 3. The summed E-state index contributed by atoms with van der Waals surface area (Å²) in [6, 6.07) is 9.70. The van der Waals surface area contributed by atoms with Crippen molar-refractivity contribution in [2.75, 3.05) is 13.2 Å². The molecular formula is C16H19N3O2. The Morgan fingerprint density at radius 3 is 2.71 bits per heavy atom. The number of nitrogens with zero attached hydrogens (tertiary/aromatic N) is 2. The van der Waals surface area contributed by atoms with E-state index < -0.39 is 0 Å². The molecule has 0 radical (unpaired) electrons. The van der Waals surface area contributed by atoms with Crippen LogP contribution in [0.5, 0.6) is 0 Å². The SMILES string of the molecule is Cc1nn(-c2ccccc2)cc1C(=O)NCC1(CO)CC1. The molecule has 0 bridgehead atoms. The average molecular weight is 285 g/mol. The monoisotopic (exact) mass is 285 g/mol. The summed E-state index contributed by atoms with van der Waals surface area (Å²) in [4.78, 5) is 12.3. The lowest BCUT2D eigenvalue weighted by Crippen LogP contribution is -2.32. The quantitative estimate of drug-likeness (QED) is 0.878. The molecule has 0 unspecified atom stereocenters. The third-order valence-electron chi connectivity index (χ3n) is 4.08. The largest absolute Gasteiger partial charge is 0.396 e. The van der Waals surface area contributed by atoms with E-state index in [0.717, 1.165) is 18.5 Å². The van der Waals surface area contributed by atoms with Gasteiger partial charge in [0.2, 0.25) is 0 Å². The number of hydrogen-bond donors (Lipinski definition) is 2. The highest BCUT2D eigenvalue weighted by Gasteiger charge is 2.42. The Kier molecular flexibility index (Phi) is 3.51. The number of carbonyl (C=O) groups is 1. The second kappa shape index (κ2) is 5.33. The number of rotatable bonds is 5. The number of amides is 1. The lowest BCUT2D eigenvalue weighted by Gasteiger charge is -2.12. The molecule has 1 amide bonds. The number of aromatic nitrogens is 2. The average Bonchev–Trinajstić information content (AvgIpc) is 3.20. The molecule has 0 aliphatic heterocycles. The van der Waals surface area contributed by atoms with E-state index in [-0.39, 0.29) is 17.9 Å². The zero-order valence-electron chi connectivity index (χ0n) is 12.0. The van der Waals surface area contributed by atoms with Crippen molar-refractivity contribution in [3.63, 3.8) is 0 Å². The third-order valence-corrected chi connectivity index (χ3v) is 4.08. The van der Waals surface area contributed by atoms with Gasteiger partial charge in [-0.3, -0.25) is 4.79 Å². The van der Waals surface area contributed by atoms with Crippen LogP contribution in [0.25, 0.3) is 5.69 Å². The minimum absolute atomic E-state index is 0.0843. The van der Waals surface area contributed by atoms with Gasteiger partial charge in [0.05, 0.1) is 23.6 Å². The predicted octanol–water partition coefficient (Wildman–Crippen LogP) is 1.68. The predicted molar refractivity (Wildman–Crippen MR) is 79.4 cm³/mol. The molecule has 1 aliphatic carbocycles. The fourth-order valence-corrected chi connectivity index (χ4v) is 2.33. The number of nitrogens with one attached hydrogen (secondary N) is 1. The fraction of sp³-hybridized carbons (Fsp3) is 0.375. The zero-order valence-corrected chi connectivity index (χ0v) is 12.0. The molecule has 1 aliphatic rings. The normalized spacial score (nSPS) is 15.7. The van der Waals surface area contributed by atoms with Crippen LogP contribution in [-0.2, 0) is 0 Å². The first-order valence-corrected chi connectivity index (χ1v) is 7.14. The van der Waals surface area contributed by atoms with Crippen LogP contribution in [0.4, 0.5) is 0 Å². The number of aliphatic hydroxyl groups excluding tert-OH is 1. The summed E-state index contributed by atoms with van der Waals surface area (Å²) in [5.74, 6) is -0.130. The first-order valence-electron chi connectivity index (χ1n) is 7.14. The molecule has 5 heteroatoms. The lowest BCUT2D eigenvalue weighted by atomic mass is 10.1. The minimum Gasteiger partial charge on any atom is -0.396 e. The Bertz CT molecular complexity index is 645. The van der Waals surface area contributed by atoms with Crippen LogP contribution in [0, 0.1) is 12.3 Å². The molecule has 0 atom stereocenters. The molecule has 1 fully saturated rings. The number of para-hydroxylation sites is 1. The van der Waals surface area contributed by atoms with E-state index in [4.69, 9.17) is 0 Å². The van der Waals surface area contributed by atoms with Crippen LogP contribution < -0.4 is 5.32 Å². The zero-order chi connectivity index (χ0) is 14.9. The molecule has 2 N–H and O–H groups in total. The van der Waals surface area contributed by atoms with E-state index >= 15 is 0 Å². The Hall–Kier alpha value is -2.14. The molecule has 1 saturated carbocycles. The van der Waals surface area contributed by atoms with Gasteiger partial charge in [-0.2, -0.15) is 5.10 Å². The Morgan fingerprint density at radius 2 is 2.10 bits per heavy atom. The molecule has 0 spiro atoms. The topological polar surface area (TPSA) is 67.2 Å². The van der Waals surface area contributed by atoms with Crippen molar-refractivity contribution in [3.05, 3.63) is 47.8 Å². The van der Waals surface area contributed by atoms with Gasteiger partial charge in [-0.05, 0) is 31.9 Å². The molecule has 110 valence electrons. The highest BCUT2D eigenvalue weighted by Crippen LogP contribution is 2.44. The molecule has 1 heterocycles. The minimum atomic E-state index is -0.130. The molecule has 2 aromatic rings. The summed E-state index contributed by atoms with van der Waals surface area (Å²) in [5, 5.41) is 16.6. The molecule has 3 rings (SSSR count). The van der Waals surface area contributed by atoms with Crippen molar-refractivity contribution >= 4 is 5.91 Å². The van der Waals surface area contributed by atoms with Crippen LogP contribution in [0.3, 0.4) is 0 Å². The van der Waals surface area contributed by atoms with Gasteiger partial charge in [0.25, 0.3) is 5.91 Å². The molecule has 1 aromatic carbocycles. The maximum Gasteiger partial charge on any atom is 0.254 e. The molecule has 5 nitrogen and oxygen atoms in total. The van der Waals surface area contributed by atoms with Crippen LogP contribution in [0.1, 0.15) is 28.9 Å². The number of benzene rings is 1. The summed E-state index contributed by atoms with van der Waals surface area (Å²) in [6.45, 7) is 2.49. The summed E-state index contributed by atoms with van der Waals surface area (Å²) in [6.07, 6.45) is 3.70. The van der Waals surface area contributed by atoms with Gasteiger partial charge in [-0.1, -0.05) is 18.2 Å². The maximum absolute atomic E-state index is 12.3. The number of carbonyl (C=O) groups excluding carboxylic acids is 1. The van der Waals surface area contributed by atoms with Crippen LogP contribution in [0.15, 0.2) is 36.5 Å². The molecular weight excluding hydrogens is 266 g/mol. The van der Waals surface area contributed by atoms with Crippen LogP contribution >= 0.6 is 0 Å². The Morgan fingerprint density at radius 1 is 1.38 bits per heavy atom. The highest BCUT2D eigenvalue weighted by molar-refractivity contribution is 5.95. The van der Waals surface area contributed by atoms with Crippen molar-refractivity contribution < 1.29 is 9.90 Å². The van der Waals surface area contributed by atoms with Crippen molar-refractivity contribution in [1.82, 2.24) is 15.1 Å². The first-order chi connectivity index (χ1) is 10.1. The molecule has 0 saturated heterocycles. The van der Waals surface area contributed by atoms with Gasteiger partial charge in [-0.25, -0.2) is 4.68 Å². The van der Waals surface area contributed by atoms with Crippen molar-refractivity contribution in [3.8, 4) is 5.69 Å². The second-order valence-corrected chi connectivity index (χ2v) is 5.75. The van der Waals surface area contributed by atoms with E-state index in [1.807, 2.05) is 37.3 Å². The number of aryl methyl sites for hydroxylation is 1. The van der Waals surface area contributed by atoms with E-state index in [2.05, 4.69) is 10.4 Å². The summed E-state index contributed by atoms with van der Waals surface area (Å²) in [7, 11) is 0. The number of aliphatic hydroxyl groups is 1. The molecule has 1 aromatic heterocycles. The third kappa shape index (κ3) is 2.83. The standard InChI is InChI=1S/C16H19N3O2/c1-12-14(15(21)17-10-16(11-20)7-8-16)9-19(18-12)13-5-3-2-4-6-13/h2-6,9,20H,7-8,10-11H2,1H3,(H,17,21). The van der Waals surface area contributed by atoms with Gasteiger partial charge >= 0.3 is 0 Å². The maximum atomic E-state index is 12.3. The fourth-order valence-electron chi connectivity index (χ4n) is 2.33. The van der Waals surface area contributed by atoms with E-state index in [0.29, 0.717) is 17.8 Å². The van der Waals surface area contributed by atoms with E-state index in [1.54, 1.807) is 10.9 Å². The van der Waals surface area contributed by atoms with Crippen molar-refractivity contribution in [1.29, 1.82) is 0 Å². The van der Waals surface area contributed by atoms with Gasteiger partial charge in [0.15, 0.2) is 0 Å². The van der Waals surface area contributed by atoms with Gasteiger partial charge in [-0.15, -0.1) is 0 Å². The van der Waals surface area contributed by atoms with Crippen molar-refractivity contribution in [2.45, 2.75) is 19.8 Å².